The number of aromatic hydroxyl groups is 1. The lowest BCUT2D eigenvalue weighted by Gasteiger charge is -2.22. The summed E-state index contributed by atoms with van der Waals surface area (Å²) in [7, 11) is 0. The highest BCUT2D eigenvalue weighted by molar-refractivity contribution is 7.80. The average molecular weight is 519 g/mol. The number of phenolic OH excluding ortho intramolecular Hbond substituents is 1. The first-order chi connectivity index (χ1) is 16.6. The quantitative estimate of drug-likeness (QED) is 0.147. The summed E-state index contributed by atoms with van der Waals surface area (Å²) in [4.78, 5) is 17.4. The van der Waals surface area contributed by atoms with Crippen molar-refractivity contribution in [2.24, 2.45) is 10.9 Å². The van der Waals surface area contributed by atoms with Crippen LogP contribution in [-0.2, 0) is 4.79 Å². The fraction of sp³-hybridized carbons (Fsp3) is 0.462. The zero-order valence-electron chi connectivity index (χ0n) is 20.5. The lowest BCUT2D eigenvalue weighted by molar-refractivity contribution is -0.119. The van der Waals surface area contributed by atoms with Crippen molar-refractivity contribution in [3.8, 4) is 5.75 Å². The highest BCUT2D eigenvalue weighted by atomic mass is 32.1. The number of carbonyl (C=O) groups is 1. The monoisotopic (exact) mass is 518 g/mol. The smallest absolute Gasteiger partial charge is 0.225 e. The van der Waals surface area contributed by atoms with Crippen LogP contribution in [0.25, 0.3) is 0 Å². The molecule has 35 heavy (non-hydrogen) atoms. The van der Waals surface area contributed by atoms with Gasteiger partial charge in [-0.1, -0.05) is 0 Å². The normalized spacial score (nSPS) is 14.3. The number of benzene rings is 2. The van der Waals surface area contributed by atoms with Gasteiger partial charge in [0, 0.05) is 28.4 Å². The Hall–Kier alpha value is -2.20. The molecule has 5 N–H and O–H groups in total. The molecule has 1 saturated heterocycles. The van der Waals surface area contributed by atoms with E-state index >= 15 is 0 Å². The summed E-state index contributed by atoms with van der Waals surface area (Å²) in [5.74, 6) is 0.884. The van der Waals surface area contributed by atoms with Crippen molar-refractivity contribution in [2.75, 3.05) is 25.0 Å². The van der Waals surface area contributed by atoms with Crippen molar-refractivity contribution in [1.29, 1.82) is 0 Å². The summed E-state index contributed by atoms with van der Waals surface area (Å²) < 4.78 is 0. The Kier molecular flexibility index (Phi) is 12.5. The highest BCUT2D eigenvalue weighted by Gasteiger charge is 2.13. The molecule has 192 valence electrons. The summed E-state index contributed by atoms with van der Waals surface area (Å²) in [6, 6.07) is 12.4. The van der Waals surface area contributed by atoms with E-state index in [9.17, 15) is 15.0 Å². The number of aliphatic imine (C=N–C) groups is 1. The van der Waals surface area contributed by atoms with Gasteiger partial charge in [-0.3, -0.25) is 4.79 Å². The molecule has 2 aromatic carbocycles. The van der Waals surface area contributed by atoms with Gasteiger partial charge in [0.15, 0.2) is 0 Å². The standard InChI is InChI=1S/C16H23N3O2S.C10H15NOS/c20-13-4-5-14(15(22)10-13)18-11-19-16(21)3-1-2-12-6-8-17-9-7-12;1-10(2,12)7-11-8-3-5-9(13)6-4-8/h4-5,10-12,17,20,22H,1-3,6-9H2,(H,18,19,21);3-6,11-13H,7H2,1-2H3. The van der Waals surface area contributed by atoms with Crippen molar-refractivity contribution < 1.29 is 15.0 Å². The third-order valence-corrected chi connectivity index (χ3v) is 6.11. The van der Waals surface area contributed by atoms with Gasteiger partial charge >= 0.3 is 0 Å². The molecule has 0 aromatic heterocycles. The van der Waals surface area contributed by atoms with Crippen molar-refractivity contribution >= 4 is 48.9 Å². The minimum absolute atomic E-state index is 0.0165. The number of carbonyl (C=O) groups excluding carboxylic acids is 1. The van der Waals surface area contributed by atoms with E-state index in [0.717, 1.165) is 42.4 Å². The third-order valence-electron chi connectivity index (χ3n) is 5.46. The SMILES string of the molecule is CC(C)(O)CNc1ccc(S)cc1.O=C(CCCC1CCNCC1)NC=Nc1ccc(O)cc1S. The van der Waals surface area contributed by atoms with Crippen LogP contribution in [0.5, 0.6) is 5.75 Å². The molecule has 0 saturated carbocycles. The number of hydrogen-bond acceptors (Lipinski definition) is 8. The van der Waals surface area contributed by atoms with E-state index in [0.29, 0.717) is 23.5 Å². The number of rotatable bonds is 9. The molecular formula is C26H38N4O3S2. The summed E-state index contributed by atoms with van der Waals surface area (Å²) in [5.41, 5.74) is 0.927. The number of amides is 1. The second-order valence-corrected chi connectivity index (χ2v) is 10.3. The summed E-state index contributed by atoms with van der Waals surface area (Å²) in [6.45, 7) is 6.28. The molecule has 0 atom stereocenters. The van der Waals surface area contributed by atoms with E-state index in [2.05, 4.69) is 46.2 Å². The first-order valence-corrected chi connectivity index (χ1v) is 12.8. The largest absolute Gasteiger partial charge is 0.508 e. The van der Waals surface area contributed by atoms with Gasteiger partial charge in [0.25, 0.3) is 0 Å². The first kappa shape index (κ1) is 29.0. The second-order valence-electron chi connectivity index (χ2n) is 9.30. The number of piperidine rings is 1. The molecule has 1 aliphatic heterocycles. The summed E-state index contributed by atoms with van der Waals surface area (Å²) in [6.07, 6.45) is 6.38. The molecule has 3 rings (SSSR count). The number of aliphatic hydroxyl groups is 1. The van der Waals surface area contributed by atoms with Gasteiger partial charge in [-0.2, -0.15) is 0 Å². The lowest BCUT2D eigenvalue weighted by Crippen LogP contribution is -2.29. The minimum Gasteiger partial charge on any atom is -0.508 e. The molecule has 1 amide bonds. The van der Waals surface area contributed by atoms with E-state index in [4.69, 9.17) is 0 Å². The molecule has 7 nitrogen and oxygen atoms in total. The van der Waals surface area contributed by atoms with Crippen LogP contribution in [0.4, 0.5) is 11.4 Å². The Labute approximate surface area is 219 Å². The van der Waals surface area contributed by atoms with Crippen molar-refractivity contribution in [1.82, 2.24) is 10.6 Å². The molecule has 0 aliphatic carbocycles. The van der Waals surface area contributed by atoms with Crippen LogP contribution in [0.15, 0.2) is 57.2 Å². The molecule has 2 aromatic rings. The van der Waals surface area contributed by atoms with Crippen molar-refractivity contribution in [3.05, 3.63) is 42.5 Å². The topological polar surface area (TPSA) is 106 Å². The van der Waals surface area contributed by atoms with Crippen LogP contribution in [0.1, 0.15) is 46.0 Å². The van der Waals surface area contributed by atoms with E-state index in [1.807, 2.05) is 24.3 Å². The summed E-state index contributed by atoms with van der Waals surface area (Å²) >= 11 is 8.40. The fourth-order valence-corrected chi connectivity index (χ4v) is 3.90. The van der Waals surface area contributed by atoms with Crippen LogP contribution in [0, 0.1) is 5.92 Å². The predicted octanol–water partition coefficient (Wildman–Crippen LogP) is 4.78. The Bertz CT molecular complexity index is 941. The van der Waals surface area contributed by atoms with Crippen LogP contribution < -0.4 is 16.0 Å². The highest BCUT2D eigenvalue weighted by Crippen LogP contribution is 2.26. The second kappa shape index (κ2) is 15.0. The van der Waals surface area contributed by atoms with Gasteiger partial charge in [-0.05, 0) is 101 Å². The molecule has 0 bridgehead atoms. The zero-order valence-corrected chi connectivity index (χ0v) is 22.3. The summed E-state index contributed by atoms with van der Waals surface area (Å²) in [5, 5.41) is 27.9. The fourth-order valence-electron chi connectivity index (χ4n) is 3.49. The number of hydrogen-bond donors (Lipinski definition) is 7. The molecular weight excluding hydrogens is 480 g/mol. The molecule has 1 heterocycles. The maximum atomic E-state index is 11.7. The van der Waals surface area contributed by atoms with Gasteiger partial charge in [-0.15, -0.1) is 25.3 Å². The number of anilines is 1. The maximum absolute atomic E-state index is 11.7. The Morgan fingerprint density at radius 1 is 1.17 bits per heavy atom. The van der Waals surface area contributed by atoms with Crippen molar-refractivity contribution in [2.45, 2.75) is 61.3 Å². The number of nitrogens with zero attached hydrogens (tertiary/aromatic N) is 1. The van der Waals surface area contributed by atoms with Crippen LogP contribution in [0.3, 0.4) is 0 Å². The van der Waals surface area contributed by atoms with Crippen LogP contribution in [-0.4, -0.2) is 47.7 Å². The molecule has 0 spiro atoms. The number of thiol groups is 2. The van der Waals surface area contributed by atoms with Gasteiger partial charge in [-0.25, -0.2) is 4.99 Å². The van der Waals surface area contributed by atoms with Gasteiger partial charge in [0.05, 0.1) is 17.6 Å². The lowest BCUT2D eigenvalue weighted by atomic mass is 9.92. The van der Waals surface area contributed by atoms with E-state index in [1.54, 1.807) is 19.9 Å². The first-order valence-electron chi connectivity index (χ1n) is 11.9. The Morgan fingerprint density at radius 3 is 2.49 bits per heavy atom. The van der Waals surface area contributed by atoms with Crippen LogP contribution in [0.2, 0.25) is 0 Å². The Morgan fingerprint density at radius 2 is 1.86 bits per heavy atom. The molecule has 1 fully saturated rings. The molecule has 0 radical (unpaired) electrons. The van der Waals surface area contributed by atoms with Crippen LogP contribution >= 0.6 is 25.3 Å². The zero-order chi connectivity index (χ0) is 25.7. The molecule has 9 heteroatoms. The maximum Gasteiger partial charge on any atom is 0.225 e. The minimum atomic E-state index is -0.681. The van der Waals surface area contributed by atoms with Gasteiger partial charge in [0.1, 0.15) is 5.75 Å². The van der Waals surface area contributed by atoms with Gasteiger partial charge < -0.3 is 26.2 Å². The van der Waals surface area contributed by atoms with Gasteiger partial charge in [0.2, 0.25) is 5.91 Å². The number of phenols is 1. The molecule has 0 unspecified atom stereocenters. The van der Waals surface area contributed by atoms with E-state index in [1.165, 1.54) is 31.3 Å². The molecule has 1 aliphatic rings. The number of nitrogens with one attached hydrogen (secondary N) is 3. The average Bonchev–Trinajstić information content (AvgIpc) is 2.81. The van der Waals surface area contributed by atoms with Crippen molar-refractivity contribution in [3.63, 3.8) is 0 Å². The predicted molar refractivity (Wildman–Crippen MR) is 150 cm³/mol. The van der Waals surface area contributed by atoms with E-state index < -0.39 is 5.60 Å². The van der Waals surface area contributed by atoms with E-state index in [-0.39, 0.29) is 11.7 Å². The Balaban J connectivity index is 0.000000283. The third kappa shape index (κ3) is 12.9.